The fourth-order valence-corrected chi connectivity index (χ4v) is 19.8. The summed E-state index contributed by atoms with van der Waals surface area (Å²) in [5.74, 6) is -7.11. The number of carboxylic acids is 1. The van der Waals surface area contributed by atoms with Gasteiger partial charge in [0.25, 0.3) is 27.8 Å². The molecule has 3 aromatic heterocycles. The summed E-state index contributed by atoms with van der Waals surface area (Å²) in [6, 6.07) is 21.2. The van der Waals surface area contributed by atoms with Crippen LogP contribution in [0, 0.1) is 35.5 Å². The first-order valence-corrected chi connectivity index (χ1v) is 44.9. The summed E-state index contributed by atoms with van der Waals surface area (Å²) in [6.07, 6.45) is -0.0857. The van der Waals surface area contributed by atoms with E-state index in [2.05, 4.69) is 40.1 Å². The van der Waals surface area contributed by atoms with Gasteiger partial charge >= 0.3 is 12.1 Å². The molecule has 3 aromatic carbocycles. The molecule has 688 valence electrons. The molecule has 127 heavy (non-hydrogen) atoms. The maximum absolute atomic E-state index is 13.9. The lowest BCUT2D eigenvalue weighted by Gasteiger charge is -2.68. The molecule has 10 N–H and O–H groups in total. The Hall–Kier alpha value is -10.2. The first-order chi connectivity index (χ1) is 60.8. The molecule has 3 unspecified atom stereocenters. The highest BCUT2D eigenvalue weighted by Crippen LogP contribution is 2.69. The van der Waals surface area contributed by atoms with Crippen LogP contribution in [0.4, 0.5) is 21.4 Å². The molecule has 4 saturated carbocycles. The smallest absolute Gasteiger partial charge is 0.409 e. The summed E-state index contributed by atoms with van der Waals surface area (Å²) < 4.78 is 87.9. The average Bonchev–Trinajstić information content (AvgIpc) is 0.859. The van der Waals surface area contributed by atoms with Gasteiger partial charge in [0.1, 0.15) is 60.8 Å². The number of benzene rings is 3. The summed E-state index contributed by atoms with van der Waals surface area (Å²) in [5.41, 5.74) is 4.50. The Morgan fingerprint density at radius 2 is 1.46 bits per heavy atom. The van der Waals surface area contributed by atoms with E-state index in [0.717, 1.165) is 64.0 Å². The van der Waals surface area contributed by atoms with Gasteiger partial charge in [0, 0.05) is 132 Å². The summed E-state index contributed by atoms with van der Waals surface area (Å²) in [4.78, 5) is 142. The maximum atomic E-state index is 13.9. The highest BCUT2D eigenvalue weighted by molar-refractivity contribution is 7.85. The van der Waals surface area contributed by atoms with Crippen molar-refractivity contribution in [2.24, 2.45) is 28.6 Å². The molecule has 5 fully saturated rings. The largest absolute Gasteiger partial charge is 0.476 e. The van der Waals surface area contributed by atoms with Crippen molar-refractivity contribution in [1.82, 2.24) is 40.2 Å². The molecule has 1 saturated heterocycles. The Kier molecular flexibility index (Phi) is 33.0. The number of aromatic carboxylic acids is 1. The van der Waals surface area contributed by atoms with Gasteiger partial charge in [-0.15, -0.1) is 0 Å². The van der Waals surface area contributed by atoms with Gasteiger partial charge in [0.15, 0.2) is 10.8 Å². The van der Waals surface area contributed by atoms with Crippen molar-refractivity contribution in [3.05, 3.63) is 125 Å². The number of likely N-dealkylation sites (N-methyl/N-ethyl adjacent to an activating group) is 1. The van der Waals surface area contributed by atoms with Gasteiger partial charge in [-0.1, -0.05) is 55.5 Å². The number of aliphatic hydroxyl groups excluding tert-OH is 4. The number of fused-ring (bicyclic) bond motifs is 2. The maximum Gasteiger partial charge on any atom is 0.409 e. The Bertz CT molecular complexity index is 5030. The van der Waals surface area contributed by atoms with E-state index in [1.165, 1.54) is 46.6 Å². The summed E-state index contributed by atoms with van der Waals surface area (Å²) in [5, 5.41) is 68.6. The number of pyridine rings is 1. The zero-order chi connectivity index (χ0) is 90.7. The standard InChI is InChI=1S/C87H111N11O27S2/c1-53-62(60-15-17-70(93-75(60)81(111)112)96-26-21-55-9-7-11-61(63(55)44-96)80(110)94-83-92-65-12-5-6-13-69(65)126-83)43-90-98(53)45-64-57-41-85(2)50-86(3,42-57)52-87(64,51-85)123-32-28-95(4)84(113)122-47-54-14-16-67(124-82-78(108)77(107)76(106)68(46-99)125-82)66(39-54)91-71(102)20-24-88-72(103)48-121-31-25-89-79(109)56(49-127(114,115)116)40-59(101)23-30-118-34-36-120-38-37-119-35-33-117-29-8-10-58(100)22-27-97-73(104)18-19-74(97)105/h5-7,9,11-19,39,43,56-57,64,68,76-78,82,99,106-108H,8,10,20-38,40-42,44-52H2,1-4H3,(H,88,103)(H,89,109)(H,91,102)(H,111,112)(H,92,94,110)(H,114,115,116)/t56-,57?,64?,68-,76+,77+,78-,82-,85?,86?,87?/m1/s1. The van der Waals surface area contributed by atoms with Crippen LogP contribution >= 0.6 is 11.3 Å². The van der Waals surface area contributed by atoms with Crippen LogP contribution < -0.4 is 30.9 Å². The average molecular weight is 1810 g/mol. The molecule has 38 nitrogen and oxygen atoms in total. The number of thiazole rings is 1. The Morgan fingerprint density at radius 3 is 2.17 bits per heavy atom. The van der Waals surface area contributed by atoms with E-state index in [1.807, 2.05) is 59.0 Å². The van der Waals surface area contributed by atoms with Crippen LogP contribution in [0.5, 0.6) is 5.75 Å². The van der Waals surface area contributed by atoms with Gasteiger partial charge < -0.3 is 93.9 Å². The number of rotatable bonds is 49. The molecule has 0 radical (unpaired) electrons. The number of nitrogens with one attached hydrogen (secondary N) is 4. The van der Waals surface area contributed by atoms with Crippen LogP contribution in [0.15, 0.2) is 91.1 Å². The lowest BCUT2D eigenvalue weighted by Crippen LogP contribution is -2.65. The van der Waals surface area contributed by atoms with Gasteiger partial charge in [0.05, 0.1) is 105 Å². The van der Waals surface area contributed by atoms with Crippen molar-refractivity contribution < 1.29 is 129 Å². The second-order valence-corrected chi connectivity index (χ2v) is 36.2. The molecule has 4 aliphatic carbocycles. The second-order valence-electron chi connectivity index (χ2n) is 33.6. The number of ether oxygens (including phenoxy) is 9. The number of Topliss-reactive ketones (excluding diaryl/α,β-unsaturated/α-hetero) is 2. The van der Waals surface area contributed by atoms with Crippen LogP contribution in [0.2, 0.25) is 0 Å². The zero-order valence-corrected chi connectivity index (χ0v) is 73.0. The normalized spacial score (nSPS) is 22.6. The predicted octanol–water partition coefficient (Wildman–Crippen LogP) is 4.98. The number of carbonyl (C=O) groups is 10. The third-order valence-corrected chi connectivity index (χ3v) is 25.5. The molecule has 13 rings (SSSR count). The predicted molar refractivity (Wildman–Crippen MR) is 457 cm³/mol. The fourth-order valence-electron chi connectivity index (χ4n) is 18.2. The van der Waals surface area contributed by atoms with Crippen molar-refractivity contribution >= 4 is 107 Å². The Balaban J connectivity index is 0.573. The third-order valence-electron chi connectivity index (χ3n) is 23.8. The van der Waals surface area contributed by atoms with Gasteiger partial charge in [0.2, 0.25) is 24.0 Å². The van der Waals surface area contributed by atoms with Crippen LogP contribution in [0.1, 0.15) is 128 Å². The van der Waals surface area contributed by atoms with Gasteiger partial charge in [-0.3, -0.25) is 57.8 Å². The van der Waals surface area contributed by atoms with Gasteiger partial charge in [-0.05, 0) is 128 Å². The first kappa shape index (κ1) is 95.9. The number of nitrogens with zero attached hydrogens (tertiary/aromatic N) is 7. The van der Waals surface area contributed by atoms with E-state index in [1.54, 1.807) is 25.4 Å². The minimum absolute atomic E-state index is 0.000564. The molecule has 6 aromatic rings. The first-order valence-electron chi connectivity index (χ1n) is 42.4. The number of amides is 7. The monoisotopic (exact) mass is 1810 g/mol. The van der Waals surface area contributed by atoms with Crippen LogP contribution in [-0.4, -0.2) is 288 Å². The quantitative estimate of drug-likeness (QED) is 0.0137. The van der Waals surface area contributed by atoms with E-state index in [9.17, 15) is 86.4 Å². The summed E-state index contributed by atoms with van der Waals surface area (Å²) in [6.45, 7) is 7.51. The lowest BCUT2D eigenvalue weighted by atomic mass is 9.40. The van der Waals surface area contributed by atoms with Crippen molar-refractivity contribution in [3.63, 3.8) is 0 Å². The Morgan fingerprint density at radius 1 is 0.740 bits per heavy atom. The summed E-state index contributed by atoms with van der Waals surface area (Å²) in [7, 11) is -3.14. The lowest BCUT2D eigenvalue weighted by molar-refractivity contribution is -0.277. The number of aromatic nitrogens is 4. The van der Waals surface area contributed by atoms with Gasteiger partial charge in [-0.25, -0.2) is 19.6 Å². The molecule has 7 amide bonds. The number of imide groups is 1. The minimum Gasteiger partial charge on any atom is -0.476 e. The highest BCUT2D eigenvalue weighted by atomic mass is 32.2. The van der Waals surface area contributed by atoms with Crippen LogP contribution in [-0.2, 0) is 108 Å². The fraction of sp³-hybridized carbons (Fsp3) is 0.552. The Labute approximate surface area is 737 Å². The number of para-hydroxylation sites is 1. The number of aliphatic hydroxyl groups is 4. The molecular weight excluding hydrogens is 1700 g/mol. The topological polar surface area (TPSA) is 511 Å². The van der Waals surface area contributed by atoms with Crippen molar-refractivity contribution in [1.29, 1.82) is 0 Å². The molecule has 3 aliphatic heterocycles. The number of hydrogen-bond donors (Lipinski definition) is 10. The van der Waals surface area contributed by atoms with E-state index in [-0.39, 0.29) is 169 Å². The number of carbonyl (C=O) groups excluding carboxylic acids is 9. The van der Waals surface area contributed by atoms with Crippen LogP contribution in [0.3, 0.4) is 0 Å². The van der Waals surface area contributed by atoms with Crippen LogP contribution in [0.25, 0.3) is 21.3 Å². The summed E-state index contributed by atoms with van der Waals surface area (Å²) >= 11 is 1.39. The number of carboxylic acid groups (broad SMARTS) is 1. The van der Waals surface area contributed by atoms with E-state index in [0.29, 0.717) is 72.3 Å². The van der Waals surface area contributed by atoms with Gasteiger partial charge in [-0.2, -0.15) is 13.5 Å². The molecule has 0 spiro atoms. The number of hydrogen-bond acceptors (Lipinski definition) is 30. The molecule has 40 heteroatoms. The van der Waals surface area contributed by atoms with E-state index < -0.39 is 125 Å². The zero-order valence-electron chi connectivity index (χ0n) is 71.3. The SMILES string of the molecule is Cc1c(-c2ccc(N3CCc4cccc(C(=O)Nc5nc6ccccc6s5)c4C3)nc2C(=O)O)cnn1CC1C2CC3(C)CC(C)(C2)CC1(OCCN(C)C(=O)OCc1ccc(O[C@@H]2O[C@H](CO)[C@H](O)[C@H](O)[C@H]2O)c(NC(=O)CCNC(=O)COCCNC(=O)[C@H](CC(=O)CCOCCOCCOCCOCCCC(=O)CCN2C(=O)C=CC2=O)CS(=O)(=O)O)c1)C3. The number of ketones is 2. The molecule has 4 bridgehead atoms. The van der Waals surface area contributed by atoms with Crippen molar-refractivity contribution in [2.45, 2.75) is 154 Å². The molecule has 7 aliphatic rings. The van der Waals surface area contributed by atoms with Crippen molar-refractivity contribution in [2.75, 3.05) is 140 Å². The molecular formula is C87H111N11O27S2. The van der Waals surface area contributed by atoms with E-state index >= 15 is 0 Å². The number of anilines is 3. The molecule has 9 atom stereocenters. The van der Waals surface area contributed by atoms with E-state index in [4.69, 9.17) is 52.7 Å². The molecule has 6 heterocycles. The second kappa shape index (κ2) is 43.7. The minimum atomic E-state index is -4.71. The third kappa shape index (κ3) is 25.7. The van der Waals surface area contributed by atoms with Crippen molar-refractivity contribution in [3.8, 4) is 16.9 Å². The highest BCUT2D eigenvalue weighted by Gasteiger charge is 2.65.